The molecule has 1 fully saturated rings. The summed E-state index contributed by atoms with van der Waals surface area (Å²) >= 11 is 5.83. The number of amides is 2. The van der Waals surface area contributed by atoms with E-state index in [1.165, 1.54) is 0 Å². The van der Waals surface area contributed by atoms with E-state index in [1.54, 1.807) is 29.2 Å². The van der Waals surface area contributed by atoms with Crippen molar-refractivity contribution >= 4 is 23.4 Å². The van der Waals surface area contributed by atoms with Crippen molar-refractivity contribution in [1.29, 1.82) is 0 Å². The first kappa shape index (κ1) is 18.6. The van der Waals surface area contributed by atoms with Gasteiger partial charge in [0.1, 0.15) is 11.8 Å². The number of hydrogen-bond acceptors (Lipinski definition) is 3. The quantitative estimate of drug-likeness (QED) is 0.906. The van der Waals surface area contributed by atoms with Gasteiger partial charge in [0.25, 0.3) is 5.91 Å². The molecule has 24 heavy (non-hydrogen) atoms. The molecule has 132 valence electrons. The highest BCUT2D eigenvalue weighted by molar-refractivity contribution is 6.30. The Balaban J connectivity index is 1.97. The van der Waals surface area contributed by atoms with E-state index in [0.717, 1.165) is 12.8 Å². The third-order valence-corrected chi connectivity index (χ3v) is 4.05. The van der Waals surface area contributed by atoms with Crippen LogP contribution in [-0.2, 0) is 9.59 Å². The number of nitrogens with one attached hydrogen (secondary N) is 1. The van der Waals surface area contributed by atoms with E-state index < -0.39 is 6.04 Å². The average Bonchev–Trinajstić information content (AvgIpc) is 2.52. The third kappa shape index (κ3) is 5.41. The van der Waals surface area contributed by atoms with Crippen LogP contribution in [0.15, 0.2) is 24.3 Å². The van der Waals surface area contributed by atoms with Crippen LogP contribution in [0.25, 0.3) is 0 Å². The molecule has 0 aromatic heterocycles. The smallest absolute Gasteiger partial charge is 0.261 e. The first-order chi connectivity index (χ1) is 11.3. The highest BCUT2D eigenvalue weighted by atomic mass is 35.5. The fraction of sp³-hybridized carbons (Fsp3) is 0.556. The van der Waals surface area contributed by atoms with Crippen molar-refractivity contribution in [1.82, 2.24) is 10.2 Å². The number of piperidine rings is 1. The summed E-state index contributed by atoms with van der Waals surface area (Å²) in [6.45, 7) is 6.31. The van der Waals surface area contributed by atoms with Gasteiger partial charge in [-0.1, -0.05) is 11.6 Å². The summed E-state index contributed by atoms with van der Waals surface area (Å²) in [7, 11) is 0. The second-order valence-electron chi connectivity index (χ2n) is 7.08. The average molecular weight is 353 g/mol. The number of halogens is 1. The van der Waals surface area contributed by atoms with Crippen LogP contribution in [0.3, 0.4) is 0 Å². The maximum absolute atomic E-state index is 12.5. The van der Waals surface area contributed by atoms with E-state index in [9.17, 15) is 9.59 Å². The van der Waals surface area contributed by atoms with Gasteiger partial charge in [-0.15, -0.1) is 0 Å². The number of ether oxygens (including phenoxy) is 1. The molecule has 0 bridgehead atoms. The maximum Gasteiger partial charge on any atom is 0.261 e. The Bertz CT molecular complexity index is 581. The molecule has 1 aromatic carbocycles. The summed E-state index contributed by atoms with van der Waals surface area (Å²) in [5.41, 5.74) is -0.316. The van der Waals surface area contributed by atoms with Gasteiger partial charge in [-0.2, -0.15) is 0 Å². The zero-order valence-electron chi connectivity index (χ0n) is 14.5. The monoisotopic (exact) mass is 352 g/mol. The van der Waals surface area contributed by atoms with Crippen LogP contribution in [0, 0.1) is 0 Å². The molecule has 0 saturated carbocycles. The van der Waals surface area contributed by atoms with Gasteiger partial charge in [-0.3, -0.25) is 9.59 Å². The van der Waals surface area contributed by atoms with Gasteiger partial charge in [0.05, 0.1) is 0 Å². The molecule has 1 N–H and O–H groups in total. The Labute approximate surface area is 148 Å². The molecule has 0 aliphatic carbocycles. The summed E-state index contributed by atoms with van der Waals surface area (Å²) in [5.74, 6) is 0.321. The van der Waals surface area contributed by atoms with Crippen LogP contribution in [0.5, 0.6) is 5.75 Å². The van der Waals surface area contributed by atoms with Gasteiger partial charge in [0, 0.05) is 17.1 Å². The summed E-state index contributed by atoms with van der Waals surface area (Å²) in [4.78, 5) is 26.6. The van der Waals surface area contributed by atoms with Gasteiger partial charge >= 0.3 is 0 Å². The molecule has 1 atom stereocenters. The van der Waals surface area contributed by atoms with E-state index in [-0.39, 0.29) is 24.0 Å². The van der Waals surface area contributed by atoms with Gasteiger partial charge in [0.2, 0.25) is 5.91 Å². The molecule has 6 heteroatoms. The van der Waals surface area contributed by atoms with Crippen molar-refractivity contribution in [3.05, 3.63) is 29.3 Å². The number of benzene rings is 1. The molecule has 1 aromatic rings. The lowest BCUT2D eigenvalue weighted by atomic mass is 9.99. The molecule has 1 saturated heterocycles. The molecule has 1 aliphatic rings. The molecule has 2 rings (SSSR count). The Morgan fingerprint density at radius 1 is 1.25 bits per heavy atom. The Kier molecular flexibility index (Phi) is 6.10. The van der Waals surface area contributed by atoms with Crippen LogP contribution >= 0.6 is 11.6 Å². The lowest BCUT2D eigenvalue weighted by Gasteiger charge is -2.36. The Hall–Kier alpha value is -1.75. The minimum absolute atomic E-state index is 0.0824. The molecule has 2 amide bonds. The van der Waals surface area contributed by atoms with E-state index >= 15 is 0 Å². The summed E-state index contributed by atoms with van der Waals surface area (Å²) in [5, 5.41) is 3.58. The molecular formula is C18H25ClN2O3. The second-order valence-corrected chi connectivity index (χ2v) is 7.52. The van der Waals surface area contributed by atoms with E-state index in [2.05, 4.69) is 5.32 Å². The molecule has 0 spiro atoms. The first-order valence-electron chi connectivity index (χ1n) is 8.26. The molecule has 1 aliphatic heterocycles. The highest BCUT2D eigenvalue weighted by Crippen LogP contribution is 2.20. The van der Waals surface area contributed by atoms with Crippen LogP contribution in [0.1, 0.15) is 40.0 Å². The predicted molar refractivity (Wildman–Crippen MR) is 94.2 cm³/mol. The standard InChI is InChI=1S/C18H25ClN2O3/c1-18(2,3)20-17(23)15-6-4-5-11-21(15)16(22)12-24-14-9-7-13(19)8-10-14/h7-10,15H,4-6,11-12H2,1-3H3,(H,20,23). The minimum atomic E-state index is -0.417. The molecule has 0 radical (unpaired) electrons. The van der Waals surface area contributed by atoms with Crippen molar-refractivity contribution in [3.8, 4) is 5.75 Å². The summed E-state index contributed by atoms with van der Waals surface area (Å²) in [6, 6.07) is 6.44. The molecule has 5 nitrogen and oxygen atoms in total. The number of carbonyl (C=O) groups excluding carboxylic acids is 2. The normalized spacial score (nSPS) is 18.2. The predicted octanol–water partition coefficient (Wildman–Crippen LogP) is 3.01. The number of hydrogen-bond donors (Lipinski definition) is 1. The van der Waals surface area contributed by atoms with E-state index in [0.29, 0.717) is 23.7 Å². The zero-order chi connectivity index (χ0) is 17.7. The third-order valence-electron chi connectivity index (χ3n) is 3.80. The lowest BCUT2D eigenvalue weighted by Crippen LogP contribution is -2.56. The van der Waals surface area contributed by atoms with Crippen molar-refractivity contribution in [2.75, 3.05) is 13.2 Å². The Morgan fingerprint density at radius 3 is 2.54 bits per heavy atom. The zero-order valence-corrected chi connectivity index (χ0v) is 15.2. The van der Waals surface area contributed by atoms with Gasteiger partial charge in [0.15, 0.2) is 6.61 Å². The van der Waals surface area contributed by atoms with Crippen molar-refractivity contribution < 1.29 is 14.3 Å². The van der Waals surface area contributed by atoms with Gasteiger partial charge in [-0.25, -0.2) is 0 Å². The lowest BCUT2D eigenvalue weighted by molar-refractivity contribution is -0.144. The van der Waals surface area contributed by atoms with Gasteiger partial charge < -0.3 is 15.0 Å². The maximum atomic E-state index is 12.5. The van der Waals surface area contributed by atoms with E-state index in [1.807, 2.05) is 20.8 Å². The number of carbonyl (C=O) groups is 2. The molecule has 1 unspecified atom stereocenters. The summed E-state index contributed by atoms with van der Waals surface area (Å²) in [6.07, 6.45) is 2.55. The van der Waals surface area contributed by atoms with Crippen molar-refractivity contribution in [3.63, 3.8) is 0 Å². The fourth-order valence-electron chi connectivity index (χ4n) is 2.71. The second kappa shape index (κ2) is 7.88. The number of nitrogens with zero attached hydrogens (tertiary/aromatic N) is 1. The van der Waals surface area contributed by atoms with Crippen LogP contribution in [-0.4, -0.2) is 41.4 Å². The van der Waals surface area contributed by atoms with E-state index in [4.69, 9.17) is 16.3 Å². The fourth-order valence-corrected chi connectivity index (χ4v) is 2.84. The Morgan fingerprint density at radius 2 is 1.92 bits per heavy atom. The minimum Gasteiger partial charge on any atom is -0.484 e. The van der Waals surface area contributed by atoms with Crippen molar-refractivity contribution in [2.24, 2.45) is 0 Å². The summed E-state index contributed by atoms with van der Waals surface area (Å²) < 4.78 is 5.52. The van der Waals surface area contributed by atoms with Gasteiger partial charge in [-0.05, 0) is 64.3 Å². The molecule has 1 heterocycles. The number of rotatable bonds is 4. The van der Waals surface area contributed by atoms with Crippen LogP contribution in [0.2, 0.25) is 5.02 Å². The highest BCUT2D eigenvalue weighted by Gasteiger charge is 2.33. The SMILES string of the molecule is CC(C)(C)NC(=O)C1CCCCN1C(=O)COc1ccc(Cl)cc1. The molecular weight excluding hydrogens is 328 g/mol. The first-order valence-corrected chi connectivity index (χ1v) is 8.64. The van der Waals surface area contributed by atoms with Crippen molar-refractivity contribution in [2.45, 2.75) is 51.6 Å². The van der Waals surface area contributed by atoms with Crippen LogP contribution < -0.4 is 10.1 Å². The van der Waals surface area contributed by atoms with Crippen LogP contribution in [0.4, 0.5) is 0 Å². The largest absolute Gasteiger partial charge is 0.484 e. The topological polar surface area (TPSA) is 58.6 Å². The number of likely N-dealkylation sites (tertiary alicyclic amines) is 1.